The highest BCUT2D eigenvalue weighted by atomic mass is 35.5. The number of nitrogens with one attached hydrogen (secondary N) is 1. The van der Waals surface area contributed by atoms with Crippen LogP contribution in [0.25, 0.3) is 0 Å². The summed E-state index contributed by atoms with van der Waals surface area (Å²) >= 11 is 5.91. The number of hydrogen-bond acceptors (Lipinski definition) is 6. The Morgan fingerprint density at radius 3 is 2.30 bits per heavy atom. The number of benzene rings is 2. The van der Waals surface area contributed by atoms with Crippen molar-refractivity contribution in [2.24, 2.45) is 0 Å². The summed E-state index contributed by atoms with van der Waals surface area (Å²) < 4.78 is 49.7. The van der Waals surface area contributed by atoms with Crippen LogP contribution in [0, 0.1) is 10.1 Å². The average Bonchev–Trinajstić information content (AvgIpc) is 2.67. The molecule has 0 saturated carbocycles. The molecule has 8 nitrogen and oxygen atoms in total. The van der Waals surface area contributed by atoms with E-state index in [1.165, 1.54) is 19.1 Å². The van der Waals surface area contributed by atoms with Crippen molar-refractivity contribution >= 4 is 28.9 Å². The molecule has 2 unspecified atom stereocenters. The van der Waals surface area contributed by atoms with Crippen LogP contribution in [-0.2, 0) is 15.7 Å². The molecule has 2 aromatic rings. The molecule has 12 heteroatoms. The van der Waals surface area contributed by atoms with E-state index in [1.807, 2.05) is 21.1 Å². The molecule has 1 N–H and O–H groups in total. The van der Waals surface area contributed by atoms with Gasteiger partial charge in [0.25, 0.3) is 5.69 Å². The second kappa shape index (κ2) is 9.84. The number of ether oxygens (including phenoxy) is 2. The third-order valence-corrected chi connectivity index (χ3v) is 5.05. The number of carbonyl (C=O) groups excluding carboxylic acids is 1. The van der Waals surface area contributed by atoms with Gasteiger partial charge in [-0.3, -0.25) is 14.6 Å². The third-order valence-electron chi connectivity index (χ3n) is 4.75. The lowest BCUT2D eigenvalue weighted by atomic mass is 10.2. The number of esters is 1. The molecule has 0 amide bonds. The summed E-state index contributed by atoms with van der Waals surface area (Å²) in [6.07, 6.45) is -5.03. The second-order valence-electron chi connectivity index (χ2n) is 8.20. The topological polar surface area (TPSA) is 90.7 Å². The van der Waals surface area contributed by atoms with E-state index < -0.39 is 34.9 Å². The summed E-state index contributed by atoms with van der Waals surface area (Å²) in [5.74, 6) is -0.638. The van der Waals surface area contributed by atoms with E-state index in [4.69, 9.17) is 21.1 Å². The maximum atomic E-state index is 12.8. The third kappa shape index (κ3) is 6.96. The molecule has 0 radical (unpaired) electrons. The number of anilines is 1. The van der Waals surface area contributed by atoms with Crippen molar-refractivity contribution < 1.29 is 36.8 Å². The van der Waals surface area contributed by atoms with Crippen LogP contribution in [0.3, 0.4) is 0 Å². The van der Waals surface area contributed by atoms with Gasteiger partial charge in [0.1, 0.15) is 23.2 Å². The first-order chi connectivity index (χ1) is 15.1. The Bertz CT molecular complexity index is 1040. The van der Waals surface area contributed by atoms with Crippen LogP contribution >= 0.6 is 11.6 Å². The molecular weight excluding hydrogens is 467 g/mol. The number of halogens is 4. The number of alkyl halides is 3. The van der Waals surface area contributed by atoms with Crippen LogP contribution in [0.5, 0.6) is 11.5 Å². The van der Waals surface area contributed by atoms with Crippen molar-refractivity contribution in [1.82, 2.24) is 0 Å². The molecule has 2 aromatic carbocycles. The van der Waals surface area contributed by atoms with Gasteiger partial charge in [0.2, 0.25) is 6.23 Å². The van der Waals surface area contributed by atoms with Crippen molar-refractivity contribution in [3.05, 3.63) is 57.1 Å². The zero-order valence-electron chi connectivity index (χ0n) is 18.6. The molecule has 33 heavy (non-hydrogen) atoms. The highest BCUT2D eigenvalue weighted by Gasteiger charge is 2.31. The van der Waals surface area contributed by atoms with Gasteiger partial charge in [0.05, 0.1) is 36.7 Å². The minimum atomic E-state index is -4.57. The van der Waals surface area contributed by atoms with Crippen LogP contribution in [0.1, 0.15) is 19.4 Å². The molecule has 2 atom stereocenters. The van der Waals surface area contributed by atoms with Crippen molar-refractivity contribution in [3.8, 4) is 11.5 Å². The first-order valence-electron chi connectivity index (χ1n) is 9.70. The van der Waals surface area contributed by atoms with Crippen LogP contribution in [0.15, 0.2) is 36.4 Å². The van der Waals surface area contributed by atoms with Gasteiger partial charge in [-0.25, -0.2) is 4.79 Å². The second-order valence-corrected chi connectivity index (χ2v) is 8.61. The van der Waals surface area contributed by atoms with Gasteiger partial charge in [-0.05, 0) is 31.2 Å². The number of quaternary nitrogens is 1. The molecule has 0 aliphatic rings. The van der Waals surface area contributed by atoms with Gasteiger partial charge in [-0.1, -0.05) is 11.6 Å². The number of nitrogens with zero attached hydrogens (tertiary/aromatic N) is 2. The fourth-order valence-corrected chi connectivity index (χ4v) is 2.68. The molecule has 0 heterocycles. The van der Waals surface area contributed by atoms with Gasteiger partial charge in [-0.15, -0.1) is 0 Å². The summed E-state index contributed by atoms with van der Waals surface area (Å²) in [6, 6.07) is 5.28. The molecule has 180 valence electrons. The normalized spacial score (nSPS) is 13.7. The minimum absolute atomic E-state index is 0.0390. The Labute approximate surface area is 193 Å². The van der Waals surface area contributed by atoms with E-state index in [-0.39, 0.29) is 27.9 Å². The number of nitro groups is 1. The Kier molecular flexibility index (Phi) is 7.81. The highest BCUT2D eigenvalue weighted by Crippen LogP contribution is 2.38. The SMILES string of the molecule is CC(Nc1cc(Oc2ccc(C(F)(F)F)cc2Cl)ccc1[N+](=O)[O-])C(=O)OC(C)[N+](C)(C)C. The Morgan fingerprint density at radius 1 is 1.15 bits per heavy atom. The monoisotopic (exact) mass is 490 g/mol. The zero-order chi connectivity index (χ0) is 25.1. The number of nitro benzene ring substituents is 1. The first kappa shape index (κ1) is 26.2. The summed E-state index contributed by atoms with van der Waals surface area (Å²) in [4.78, 5) is 23.2. The van der Waals surface area contributed by atoms with Crippen molar-refractivity contribution in [2.75, 3.05) is 26.5 Å². The largest absolute Gasteiger partial charge is 0.456 e. The van der Waals surface area contributed by atoms with E-state index in [0.717, 1.165) is 18.2 Å². The van der Waals surface area contributed by atoms with Crippen LogP contribution in [0.2, 0.25) is 5.02 Å². The van der Waals surface area contributed by atoms with E-state index in [9.17, 15) is 28.1 Å². The predicted molar refractivity (Wildman–Crippen MR) is 116 cm³/mol. The van der Waals surface area contributed by atoms with E-state index in [0.29, 0.717) is 10.5 Å². The number of hydrogen-bond donors (Lipinski definition) is 1. The molecule has 0 spiro atoms. The lowest BCUT2D eigenvalue weighted by molar-refractivity contribution is -0.914. The van der Waals surface area contributed by atoms with Gasteiger partial charge >= 0.3 is 12.1 Å². The number of carbonyl (C=O) groups is 1. The van der Waals surface area contributed by atoms with Crippen LogP contribution in [0.4, 0.5) is 24.5 Å². The quantitative estimate of drug-likeness (QED) is 0.174. The molecule has 0 saturated heterocycles. The molecule has 2 rings (SSSR count). The van der Waals surface area contributed by atoms with Crippen molar-refractivity contribution in [3.63, 3.8) is 0 Å². The van der Waals surface area contributed by atoms with Gasteiger partial charge in [0, 0.05) is 19.1 Å². The number of rotatable bonds is 8. The summed E-state index contributed by atoms with van der Waals surface area (Å²) in [5, 5.41) is 13.9. The maximum absolute atomic E-state index is 12.8. The van der Waals surface area contributed by atoms with Crippen molar-refractivity contribution in [2.45, 2.75) is 32.3 Å². The average molecular weight is 491 g/mol. The fourth-order valence-electron chi connectivity index (χ4n) is 2.46. The van der Waals surface area contributed by atoms with Crippen LogP contribution in [-0.4, -0.2) is 48.8 Å². The minimum Gasteiger partial charge on any atom is -0.456 e. The predicted octanol–water partition coefficient (Wildman–Crippen LogP) is 5.46. The lowest BCUT2D eigenvalue weighted by Crippen LogP contribution is -2.47. The maximum Gasteiger partial charge on any atom is 0.416 e. The van der Waals surface area contributed by atoms with E-state index >= 15 is 0 Å². The first-order valence-corrected chi connectivity index (χ1v) is 10.1. The summed E-state index contributed by atoms with van der Waals surface area (Å²) in [7, 11) is 5.52. The molecule has 0 bridgehead atoms. The fraction of sp³-hybridized carbons (Fsp3) is 0.381. The molecule has 0 aliphatic heterocycles. The Balaban J connectivity index is 2.26. The Hall–Kier alpha value is -3.05. The molecule has 0 fully saturated rings. The summed E-state index contributed by atoms with van der Waals surface area (Å²) in [6.45, 7) is 3.20. The zero-order valence-corrected chi connectivity index (χ0v) is 19.3. The lowest BCUT2D eigenvalue weighted by Gasteiger charge is -2.31. The van der Waals surface area contributed by atoms with Crippen LogP contribution < -0.4 is 10.1 Å². The highest BCUT2D eigenvalue weighted by molar-refractivity contribution is 6.32. The molecule has 0 aliphatic carbocycles. The van der Waals surface area contributed by atoms with E-state index in [1.54, 1.807) is 6.92 Å². The standard InChI is InChI=1S/C21H24ClF3N3O5/c1-12(20(29)32-13(2)28(3,4)5)26-17-11-15(7-8-18(17)27(30)31)33-19-9-6-14(10-16(19)22)21(23,24)25/h6-13,26H,1-5H3/q+1. The Morgan fingerprint density at radius 2 is 1.79 bits per heavy atom. The molecule has 0 aromatic heterocycles. The molecular formula is C21H24ClF3N3O5+. The van der Waals surface area contributed by atoms with Gasteiger partial charge in [-0.2, -0.15) is 13.2 Å². The van der Waals surface area contributed by atoms with E-state index in [2.05, 4.69) is 5.32 Å². The van der Waals surface area contributed by atoms with Crippen molar-refractivity contribution in [1.29, 1.82) is 0 Å². The summed E-state index contributed by atoms with van der Waals surface area (Å²) in [5.41, 5.74) is -1.32. The van der Waals surface area contributed by atoms with Gasteiger partial charge < -0.3 is 14.8 Å². The smallest absolute Gasteiger partial charge is 0.416 e. The van der Waals surface area contributed by atoms with Gasteiger partial charge in [0.15, 0.2) is 0 Å².